The van der Waals surface area contributed by atoms with Gasteiger partial charge in [0.15, 0.2) is 0 Å². The Bertz CT molecular complexity index is 478. The van der Waals surface area contributed by atoms with Gasteiger partial charge in [0.2, 0.25) is 0 Å². The second-order valence-corrected chi connectivity index (χ2v) is 5.74. The molecule has 0 saturated heterocycles. The fraction of sp³-hybridized carbons (Fsp3) is 0.167. The number of nitrogens with two attached hydrogens (primary N) is 2. The Morgan fingerprint density at radius 1 is 1.38 bits per heavy atom. The van der Waals surface area contributed by atoms with Crippen LogP contribution < -0.4 is 11.5 Å². The Morgan fingerprint density at radius 3 is 2.69 bits per heavy atom. The van der Waals surface area contributed by atoms with Crippen LogP contribution in [-0.4, -0.2) is 4.45 Å². The van der Waals surface area contributed by atoms with Crippen LogP contribution in [0.2, 0.25) is 5.02 Å². The van der Waals surface area contributed by atoms with Crippen LogP contribution in [0.5, 0.6) is 0 Å². The second kappa shape index (κ2) is 4.24. The number of rotatable bonds is 1. The van der Waals surface area contributed by atoms with E-state index in [9.17, 15) is 0 Å². The summed E-state index contributed by atoms with van der Waals surface area (Å²) in [6.45, 7) is 0. The zero-order chi connectivity index (χ0) is 11.8. The van der Waals surface area contributed by atoms with E-state index in [1.165, 1.54) is 0 Å². The summed E-state index contributed by atoms with van der Waals surface area (Å²) in [5, 5.41) is 0.579. The van der Waals surface area contributed by atoms with Crippen molar-refractivity contribution in [2.45, 2.75) is 10.9 Å². The summed E-state index contributed by atoms with van der Waals surface area (Å²) in [4.78, 5) is 0. The first kappa shape index (κ1) is 11.7. The van der Waals surface area contributed by atoms with E-state index >= 15 is 0 Å². The van der Waals surface area contributed by atoms with Crippen LogP contribution >= 0.6 is 27.5 Å². The molecule has 0 fully saturated rings. The zero-order valence-corrected chi connectivity index (χ0v) is 10.9. The van der Waals surface area contributed by atoms with Crippen LogP contribution in [0.3, 0.4) is 0 Å². The van der Waals surface area contributed by atoms with E-state index in [1.54, 1.807) is 0 Å². The summed E-state index contributed by atoms with van der Waals surface area (Å²) < 4.78 is -0.423. The minimum absolute atomic E-state index is 0.423. The fourth-order valence-corrected chi connectivity index (χ4v) is 2.03. The summed E-state index contributed by atoms with van der Waals surface area (Å²) >= 11 is 9.40. The van der Waals surface area contributed by atoms with E-state index in [2.05, 4.69) is 22.0 Å². The number of hydrogen-bond donors (Lipinski definition) is 2. The minimum atomic E-state index is -0.423. The maximum Gasteiger partial charge on any atom is 0.0940 e. The van der Waals surface area contributed by atoms with Crippen molar-refractivity contribution < 1.29 is 0 Å². The number of alkyl halides is 1. The van der Waals surface area contributed by atoms with E-state index in [1.807, 2.05) is 30.4 Å². The average molecular weight is 300 g/mol. The predicted octanol–water partition coefficient (Wildman–Crippen LogP) is 3.32. The van der Waals surface area contributed by atoms with Crippen LogP contribution in [0.25, 0.3) is 5.57 Å². The normalized spacial score (nSPS) is 24.3. The summed E-state index contributed by atoms with van der Waals surface area (Å²) in [7, 11) is 0. The maximum atomic E-state index is 5.98. The Morgan fingerprint density at radius 2 is 2.12 bits per heavy atom. The number of anilines is 1. The van der Waals surface area contributed by atoms with Gasteiger partial charge in [0, 0.05) is 0 Å². The zero-order valence-electron chi connectivity index (χ0n) is 8.58. The van der Waals surface area contributed by atoms with Gasteiger partial charge >= 0.3 is 0 Å². The van der Waals surface area contributed by atoms with Gasteiger partial charge in [0.05, 0.1) is 15.2 Å². The van der Waals surface area contributed by atoms with Crippen molar-refractivity contribution in [3.8, 4) is 0 Å². The summed E-state index contributed by atoms with van der Waals surface area (Å²) in [5.41, 5.74) is 14.3. The highest BCUT2D eigenvalue weighted by Crippen LogP contribution is 2.31. The molecule has 0 radical (unpaired) electrons. The van der Waals surface area contributed by atoms with Crippen LogP contribution in [0, 0.1) is 0 Å². The molecule has 16 heavy (non-hydrogen) atoms. The fourth-order valence-electron chi connectivity index (χ4n) is 1.55. The first-order valence-electron chi connectivity index (χ1n) is 4.90. The summed E-state index contributed by atoms with van der Waals surface area (Å²) in [6.07, 6.45) is 6.75. The number of allylic oxidation sites excluding steroid dienone is 2. The van der Waals surface area contributed by atoms with Gasteiger partial charge in [0.25, 0.3) is 0 Å². The molecule has 84 valence electrons. The molecule has 1 aliphatic carbocycles. The van der Waals surface area contributed by atoms with Crippen molar-refractivity contribution in [3.05, 3.63) is 47.0 Å². The Balaban J connectivity index is 2.30. The standard InChI is InChI=1S/C12H12BrClN2/c13-12(16)5-3-8(4-6-12)9-1-2-11(15)10(14)7-9/h1-5,7H,6,15-16H2. The highest BCUT2D eigenvalue weighted by Gasteiger charge is 2.19. The SMILES string of the molecule is Nc1ccc(C2=CCC(N)(Br)C=C2)cc1Cl. The van der Waals surface area contributed by atoms with Gasteiger partial charge in [-0.1, -0.05) is 51.8 Å². The molecule has 1 aromatic rings. The van der Waals surface area contributed by atoms with Gasteiger partial charge in [-0.25, -0.2) is 0 Å². The van der Waals surface area contributed by atoms with Gasteiger partial charge in [-0.3, -0.25) is 0 Å². The third kappa shape index (κ3) is 2.48. The lowest BCUT2D eigenvalue weighted by Gasteiger charge is -2.21. The third-order valence-corrected chi connectivity index (χ3v) is 3.42. The Hall–Kier alpha value is -0.770. The van der Waals surface area contributed by atoms with E-state index in [-0.39, 0.29) is 0 Å². The van der Waals surface area contributed by atoms with Crippen LogP contribution in [-0.2, 0) is 0 Å². The molecule has 1 unspecified atom stereocenters. The van der Waals surface area contributed by atoms with E-state index in [0.717, 1.165) is 17.6 Å². The number of benzene rings is 1. The second-order valence-electron chi connectivity index (χ2n) is 3.86. The largest absolute Gasteiger partial charge is 0.398 e. The van der Waals surface area contributed by atoms with Crippen molar-refractivity contribution >= 4 is 38.8 Å². The molecule has 0 amide bonds. The van der Waals surface area contributed by atoms with Gasteiger partial charge in [-0.15, -0.1) is 0 Å². The highest BCUT2D eigenvalue weighted by molar-refractivity contribution is 9.10. The summed E-state index contributed by atoms with van der Waals surface area (Å²) in [5.74, 6) is 0. The van der Waals surface area contributed by atoms with Crippen molar-refractivity contribution in [1.29, 1.82) is 0 Å². The smallest absolute Gasteiger partial charge is 0.0940 e. The minimum Gasteiger partial charge on any atom is -0.398 e. The first-order valence-corrected chi connectivity index (χ1v) is 6.08. The van der Waals surface area contributed by atoms with Crippen molar-refractivity contribution in [2.75, 3.05) is 5.73 Å². The lowest BCUT2D eigenvalue weighted by atomic mass is 9.97. The molecule has 1 aliphatic rings. The number of nitrogen functional groups attached to an aromatic ring is 1. The molecule has 0 aromatic heterocycles. The van der Waals surface area contributed by atoms with Gasteiger partial charge in [0.1, 0.15) is 0 Å². The van der Waals surface area contributed by atoms with E-state index < -0.39 is 4.45 Å². The molecule has 4 heteroatoms. The molecule has 0 heterocycles. The Labute approximate surface area is 108 Å². The molecule has 1 aromatic carbocycles. The molecule has 2 rings (SSSR count). The molecule has 0 bridgehead atoms. The van der Waals surface area contributed by atoms with E-state index in [4.69, 9.17) is 23.1 Å². The highest BCUT2D eigenvalue weighted by atomic mass is 79.9. The molecule has 4 N–H and O–H groups in total. The maximum absolute atomic E-state index is 5.98. The average Bonchev–Trinajstić information content (AvgIpc) is 2.22. The third-order valence-electron chi connectivity index (χ3n) is 2.51. The molecule has 0 saturated carbocycles. The van der Waals surface area contributed by atoms with Gasteiger partial charge in [-0.2, -0.15) is 0 Å². The molecular formula is C12H12BrClN2. The van der Waals surface area contributed by atoms with Crippen LogP contribution in [0.4, 0.5) is 5.69 Å². The quantitative estimate of drug-likeness (QED) is 0.475. The Kier molecular flexibility index (Phi) is 3.10. The topological polar surface area (TPSA) is 52.0 Å². The molecule has 2 nitrogen and oxygen atoms in total. The molecule has 0 aliphatic heterocycles. The first-order chi connectivity index (χ1) is 7.48. The van der Waals surface area contributed by atoms with Gasteiger partial charge in [-0.05, 0) is 29.7 Å². The lowest BCUT2D eigenvalue weighted by molar-refractivity contribution is 0.777. The van der Waals surface area contributed by atoms with Crippen molar-refractivity contribution in [1.82, 2.24) is 0 Å². The molecule has 0 spiro atoms. The molecule has 1 atom stereocenters. The van der Waals surface area contributed by atoms with E-state index in [0.29, 0.717) is 10.7 Å². The molecular weight excluding hydrogens is 288 g/mol. The predicted molar refractivity (Wildman–Crippen MR) is 73.4 cm³/mol. The number of halogens is 2. The van der Waals surface area contributed by atoms with Crippen molar-refractivity contribution in [2.24, 2.45) is 5.73 Å². The van der Waals surface area contributed by atoms with Crippen LogP contribution in [0.15, 0.2) is 36.4 Å². The summed E-state index contributed by atoms with van der Waals surface area (Å²) in [6, 6.07) is 5.63. The number of hydrogen-bond acceptors (Lipinski definition) is 2. The van der Waals surface area contributed by atoms with Crippen LogP contribution in [0.1, 0.15) is 12.0 Å². The monoisotopic (exact) mass is 298 g/mol. The lowest BCUT2D eigenvalue weighted by Crippen LogP contribution is -2.30. The van der Waals surface area contributed by atoms with Gasteiger partial charge < -0.3 is 11.5 Å². The van der Waals surface area contributed by atoms with Crippen molar-refractivity contribution in [3.63, 3.8) is 0 Å².